The molecule has 170 valence electrons. The van der Waals surface area contributed by atoms with Crippen LogP contribution in [0.5, 0.6) is 5.75 Å². The van der Waals surface area contributed by atoms with Crippen molar-refractivity contribution in [1.29, 1.82) is 0 Å². The molecule has 2 aromatic heterocycles. The van der Waals surface area contributed by atoms with Crippen LogP contribution in [-0.4, -0.2) is 33.5 Å². The number of nitrogens with zero attached hydrogens (tertiary/aromatic N) is 3. The van der Waals surface area contributed by atoms with Gasteiger partial charge >= 0.3 is 5.91 Å². The first-order chi connectivity index (χ1) is 16.0. The number of nitrogens with one attached hydrogen (secondary N) is 1. The summed E-state index contributed by atoms with van der Waals surface area (Å²) in [6.45, 7) is 2.30. The molecular weight excluding hydrogens is 420 g/mol. The summed E-state index contributed by atoms with van der Waals surface area (Å²) in [5, 5.41) is 31.8. The highest BCUT2D eigenvalue weighted by Gasteiger charge is 2.23. The van der Waals surface area contributed by atoms with Crippen molar-refractivity contribution in [1.82, 2.24) is 9.78 Å². The topological polar surface area (TPSA) is 103 Å². The number of para-hydroxylation sites is 1. The summed E-state index contributed by atoms with van der Waals surface area (Å²) >= 11 is 0. The lowest BCUT2D eigenvalue weighted by molar-refractivity contribution is -0.579. The number of ether oxygens (including phenoxy) is 1. The van der Waals surface area contributed by atoms with E-state index >= 15 is 0 Å². The second-order valence-electron chi connectivity index (χ2n) is 8.44. The molecule has 0 aliphatic heterocycles. The van der Waals surface area contributed by atoms with E-state index < -0.39 is 5.91 Å². The van der Waals surface area contributed by atoms with Gasteiger partial charge in [-0.05, 0) is 50.8 Å². The molecule has 0 saturated heterocycles. The van der Waals surface area contributed by atoms with Crippen LogP contribution in [0.4, 0.5) is 5.69 Å². The van der Waals surface area contributed by atoms with Gasteiger partial charge in [-0.3, -0.25) is 9.48 Å². The van der Waals surface area contributed by atoms with Crippen molar-refractivity contribution in [2.75, 3.05) is 11.9 Å². The molecule has 0 unspecified atom stereocenters. The lowest BCUT2D eigenvalue weighted by Gasteiger charge is -2.25. The fourth-order valence-electron chi connectivity index (χ4n) is 4.49. The maximum Gasteiger partial charge on any atom is 0.321 e. The lowest BCUT2D eigenvalue weighted by atomic mass is 9.93. The Labute approximate surface area is 191 Å². The lowest BCUT2D eigenvalue weighted by Crippen LogP contribution is -2.37. The molecule has 2 heterocycles. The number of hydrogen-bond acceptors (Lipinski definition) is 5. The van der Waals surface area contributed by atoms with Crippen LogP contribution in [0.3, 0.4) is 0 Å². The van der Waals surface area contributed by atoms with Crippen molar-refractivity contribution in [2.45, 2.75) is 44.8 Å². The number of anilines is 1. The van der Waals surface area contributed by atoms with Gasteiger partial charge in [0.15, 0.2) is 0 Å². The van der Waals surface area contributed by atoms with E-state index in [0.29, 0.717) is 28.3 Å². The summed E-state index contributed by atoms with van der Waals surface area (Å²) < 4.78 is 8.37. The maximum atomic E-state index is 13.0. The normalized spacial score (nSPS) is 18.5. The number of amides is 1. The van der Waals surface area contributed by atoms with Gasteiger partial charge in [0, 0.05) is 35.2 Å². The van der Waals surface area contributed by atoms with Gasteiger partial charge in [0.2, 0.25) is 5.52 Å². The zero-order chi connectivity index (χ0) is 22.9. The molecule has 8 heteroatoms. The van der Waals surface area contributed by atoms with Gasteiger partial charge in [-0.1, -0.05) is 12.1 Å². The van der Waals surface area contributed by atoms with Crippen molar-refractivity contribution in [3.63, 3.8) is 0 Å². The average Bonchev–Trinajstić information content (AvgIpc) is 3.23. The Morgan fingerprint density at radius 2 is 1.97 bits per heavy atom. The number of benzene rings is 2. The van der Waals surface area contributed by atoms with Crippen LogP contribution in [0.25, 0.3) is 21.8 Å². The van der Waals surface area contributed by atoms with Crippen molar-refractivity contribution in [3.8, 4) is 5.75 Å². The number of aromatic nitrogens is 3. The summed E-state index contributed by atoms with van der Waals surface area (Å²) in [7, 11) is 0. The molecule has 1 aliphatic carbocycles. The van der Waals surface area contributed by atoms with Crippen molar-refractivity contribution in [3.05, 3.63) is 65.6 Å². The minimum absolute atomic E-state index is 0.00713. The molecule has 0 radical (unpaired) electrons. The van der Waals surface area contributed by atoms with Gasteiger partial charge in [-0.2, -0.15) is 9.83 Å². The van der Waals surface area contributed by atoms with Crippen LogP contribution in [-0.2, 0) is 0 Å². The zero-order valence-corrected chi connectivity index (χ0v) is 18.4. The van der Waals surface area contributed by atoms with Crippen molar-refractivity contribution >= 4 is 33.4 Å². The second-order valence-corrected chi connectivity index (χ2v) is 8.44. The fraction of sp³-hybridized carbons (Fsp3) is 0.320. The van der Waals surface area contributed by atoms with Gasteiger partial charge in [0.1, 0.15) is 5.75 Å². The molecule has 5 rings (SSSR count). The SMILES string of the molecule is CCOc1cc2nn(C3CCC(O)CC3)cc2cc1NC(=O)c1ccc2ccccc2[n+]1[O-]. The molecule has 0 atom stereocenters. The number of fused-ring (bicyclic) bond motifs is 2. The van der Waals surface area contributed by atoms with Gasteiger partial charge < -0.3 is 20.4 Å². The number of aliphatic hydroxyl groups excluding tert-OH is 1. The van der Waals surface area contributed by atoms with Crippen LogP contribution in [0.2, 0.25) is 0 Å². The third kappa shape index (κ3) is 4.09. The number of aliphatic hydroxyl groups is 1. The highest BCUT2D eigenvalue weighted by Crippen LogP contribution is 2.33. The zero-order valence-electron chi connectivity index (χ0n) is 18.4. The fourth-order valence-corrected chi connectivity index (χ4v) is 4.49. The number of pyridine rings is 1. The molecule has 0 spiro atoms. The highest BCUT2D eigenvalue weighted by atomic mass is 16.5. The average molecular weight is 447 g/mol. The Hall–Kier alpha value is -3.65. The largest absolute Gasteiger partial charge is 0.618 e. The quantitative estimate of drug-likeness (QED) is 0.357. The van der Waals surface area contributed by atoms with E-state index in [0.717, 1.165) is 42.0 Å². The molecule has 2 aromatic carbocycles. The van der Waals surface area contributed by atoms with E-state index in [9.17, 15) is 15.1 Å². The number of carbonyl (C=O) groups is 1. The summed E-state index contributed by atoms with van der Waals surface area (Å²) in [6, 6.07) is 14.3. The monoisotopic (exact) mass is 446 g/mol. The van der Waals surface area contributed by atoms with Gasteiger partial charge in [-0.15, -0.1) is 0 Å². The predicted octanol–water partition coefficient (Wildman–Crippen LogP) is 3.95. The van der Waals surface area contributed by atoms with E-state index in [2.05, 4.69) is 5.32 Å². The summed E-state index contributed by atoms with van der Waals surface area (Å²) in [4.78, 5) is 13.0. The first-order valence-corrected chi connectivity index (χ1v) is 11.3. The summed E-state index contributed by atoms with van der Waals surface area (Å²) in [5.74, 6) is -0.00868. The number of hydrogen-bond donors (Lipinski definition) is 2. The molecule has 8 nitrogen and oxygen atoms in total. The molecule has 1 amide bonds. The molecule has 1 saturated carbocycles. The van der Waals surface area contributed by atoms with E-state index in [-0.39, 0.29) is 17.8 Å². The number of rotatable bonds is 5. The van der Waals surface area contributed by atoms with E-state index in [1.165, 1.54) is 6.07 Å². The first kappa shape index (κ1) is 21.2. The molecule has 33 heavy (non-hydrogen) atoms. The van der Waals surface area contributed by atoms with Crippen LogP contribution in [0.1, 0.15) is 49.1 Å². The standard InChI is InChI=1S/C25H26N4O4/c1-2-33-24-14-20-17(15-28(27-20)18-8-10-19(30)11-9-18)13-21(24)26-25(31)23-12-7-16-5-3-4-6-22(16)29(23)32/h3-7,12-15,18-19,30H,2,8-11H2,1H3,(H,26,31). The van der Waals surface area contributed by atoms with Crippen LogP contribution in [0, 0.1) is 5.21 Å². The van der Waals surface area contributed by atoms with Crippen LogP contribution >= 0.6 is 0 Å². The molecular formula is C25H26N4O4. The Morgan fingerprint density at radius 3 is 2.76 bits per heavy atom. The Morgan fingerprint density at radius 1 is 1.18 bits per heavy atom. The maximum absolute atomic E-state index is 13.0. The van der Waals surface area contributed by atoms with Gasteiger partial charge in [0.05, 0.1) is 30.0 Å². The van der Waals surface area contributed by atoms with E-state index in [4.69, 9.17) is 9.84 Å². The first-order valence-electron chi connectivity index (χ1n) is 11.3. The second kappa shape index (κ2) is 8.71. The van der Waals surface area contributed by atoms with E-state index in [1.807, 2.05) is 42.1 Å². The van der Waals surface area contributed by atoms with Crippen LogP contribution in [0.15, 0.2) is 54.7 Å². The molecule has 4 aromatic rings. The Kier molecular flexibility index (Phi) is 5.60. The van der Waals surface area contributed by atoms with E-state index in [1.54, 1.807) is 18.2 Å². The van der Waals surface area contributed by atoms with Gasteiger partial charge in [0.25, 0.3) is 5.69 Å². The third-order valence-electron chi connectivity index (χ3n) is 6.24. The molecule has 1 fully saturated rings. The minimum Gasteiger partial charge on any atom is -0.618 e. The summed E-state index contributed by atoms with van der Waals surface area (Å²) in [6.07, 6.45) is 5.04. The predicted molar refractivity (Wildman–Crippen MR) is 125 cm³/mol. The van der Waals surface area contributed by atoms with Crippen molar-refractivity contribution in [2.24, 2.45) is 0 Å². The van der Waals surface area contributed by atoms with Gasteiger partial charge in [-0.25, -0.2) is 0 Å². The highest BCUT2D eigenvalue weighted by molar-refractivity contribution is 6.04. The molecule has 1 aliphatic rings. The third-order valence-corrected chi connectivity index (χ3v) is 6.24. The smallest absolute Gasteiger partial charge is 0.321 e. The molecule has 0 bridgehead atoms. The minimum atomic E-state index is -0.510. The Bertz CT molecular complexity index is 1320. The Balaban J connectivity index is 1.47. The number of carbonyl (C=O) groups excluding carboxylic acids is 1. The molecule has 2 N–H and O–H groups in total. The van der Waals surface area contributed by atoms with Crippen LogP contribution < -0.4 is 14.8 Å². The van der Waals surface area contributed by atoms with Crippen molar-refractivity contribution < 1.29 is 19.4 Å². The summed E-state index contributed by atoms with van der Waals surface area (Å²) in [5.41, 5.74) is 1.70.